The standard InChI is InChI=1S/C11H22N4/c1-11(2,12-3)9-14(4)8-10-13-6-7-15(10)5/h6-7,12H,8-9H2,1-5H3. The molecule has 4 nitrogen and oxygen atoms in total. The third-order valence-electron chi connectivity index (χ3n) is 2.67. The summed E-state index contributed by atoms with van der Waals surface area (Å²) >= 11 is 0. The van der Waals surface area contributed by atoms with E-state index in [1.165, 1.54) is 0 Å². The fourth-order valence-electron chi connectivity index (χ4n) is 1.60. The molecular weight excluding hydrogens is 188 g/mol. The molecule has 0 saturated heterocycles. The average Bonchev–Trinajstić information content (AvgIpc) is 2.51. The summed E-state index contributed by atoms with van der Waals surface area (Å²) in [6, 6.07) is 0. The van der Waals surface area contributed by atoms with Crippen molar-refractivity contribution in [3.63, 3.8) is 0 Å². The van der Waals surface area contributed by atoms with Crippen molar-refractivity contribution in [3.05, 3.63) is 18.2 Å². The van der Waals surface area contributed by atoms with E-state index in [4.69, 9.17) is 0 Å². The summed E-state index contributed by atoms with van der Waals surface area (Å²) in [5, 5.41) is 3.30. The van der Waals surface area contributed by atoms with Crippen LogP contribution in [0.5, 0.6) is 0 Å². The van der Waals surface area contributed by atoms with Gasteiger partial charge in [0.2, 0.25) is 0 Å². The van der Waals surface area contributed by atoms with Gasteiger partial charge in [0.1, 0.15) is 5.82 Å². The molecule has 1 rings (SSSR count). The first kappa shape index (κ1) is 12.2. The fraction of sp³-hybridized carbons (Fsp3) is 0.727. The van der Waals surface area contributed by atoms with Crippen molar-refractivity contribution in [1.82, 2.24) is 19.8 Å². The lowest BCUT2D eigenvalue weighted by Crippen LogP contribution is -2.46. The molecular formula is C11H22N4. The number of hydrogen-bond donors (Lipinski definition) is 1. The molecule has 15 heavy (non-hydrogen) atoms. The second kappa shape index (κ2) is 4.77. The van der Waals surface area contributed by atoms with Gasteiger partial charge in [-0.1, -0.05) is 0 Å². The van der Waals surface area contributed by atoms with Gasteiger partial charge in [0.25, 0.3) is 0 Å². The van der Waals surface area contributed by atoms with E-state index in [-0.39, 0.29) is 5.54 Å². The highest BCUT2D eigenvalue weighted by Crippen LogP contribution is 2.06. The van der Waals surface area contributed by atoms with Crippen LogP contribution >= 0.6 is 0 Å². The van der Waals surface area contributed by atoms with Crippen LogP contribution in [0.3, 0.4) is 0 Å². The second-order valence-electron chi connectivity index (χ2n) is 4.76. The van der Waals surface area contributed by atoms with Crippen molar-refractivity contribution in [3.8, 4) is 0 Å². The quantitative estimate of drug-likeness (QED) is 0.782. The second-order valence-corrected chi connectivity index (χ2v) is 4.76. The van der Waals surface area contributed by atoms with Gasteiger partial charge in [0.05, 0.1) is 6.54 Å². The Hall–Kier alpha value is -0.870. The molecule has 0 saturated carbocycles. The SMILES string of the molecule is CNC(C)(C)CN(C)Cc1nccn1C. The lowest BCUT2D eigenvalue weighted by Gasteiger charge is -2.29. The minimum atomic E-state index is 0.139. The molecule has 1 heterocycles. The molecule has 0 aromatic carbocycles. The van der Waals surface area contributed by atoms with Crippen LogP contribution in [0.4, 0.5) is 0 Å². The first-order valence-electron chi connectivity index (χ1n) is 5.28. The van der Waals surface area contributed by atoms with Crippen LogP contribution < -0.4 is 5.32 Å². The predicted molar refractivity (Wildman–Crippen MR) is 62.7 cm³/mol. The Morgan fingerprint density at radius 1 is 1.53 bits per heavy atom. The minimum Gasteiger partial charge on any atom is -0.337 e. The molecule has 0 aliphatic carbocycles. The highest BCUT2D eigenvalue weighted by atomic mass is 15.2. The maximum Gasteiger partial charge on any atom is 0.122 e. The first-order valence-corrected chi connectivity index (χ1v) is 5.28. The molecule has 0 fully saturated rings. The van der Waals surface area contributed by atoms with Crippen LogP contribution in [0.15, 0.2) is 12.4 Å². The number of aromatic nitrogens is 2. The molecule has 0 amide bonds. The number of likely N-dealkylation sites (N-methyl/N-ethyl adjacent to an activating group) is 2. The largest absolute Gasteiger partial charge is 0.337 e. The fourth-order valence-corrected chi connectivity index (χ4v) is 1.60. The number of aryl methyl sites for hydroxylation is 1. The Balaban J connectivity index is 2.50. The summed E-state index contributed by atoms with van der Waals surface area (Å²) in [5.74, 6) is 1.10. The summed E-state index contributed by atoms with van der Waals surface area (Å²) in [5.41, 5.74) is 0.139. The zero-order valence-corrected chi connectivity index (χ0v) is 10.4. The van der Waals surface area contributed by atoms with Crippen molar-refractivity contribution in [1.29, 1.82) is 0 Å². The van der Waals surface area contributed by atoms with Gasteiger partial charge < -0.3 is 9.88 Å². The van der Waals surface area contributed by atoms with E-state index in [1.54, 1.807) is 0 Å². The Morgan fingerprint density at radius 2 is 2.20 bits per heavy atom. The topological polar surface area (TPSA) is 33.1 Å². The molecule has 4 heteroatoms. The summed E-state index contributed by atoms with van der Waals surface area (Å²) in [6.07, 6.45) is 3.82. The van der Waals surface area contributed by atoms with Crippen LogP contribution in [0.25, 0.3) is 0 Å². The third-order valence-corrected chi connectivity index (χ3v) is 2.67. The Bertz CT molecular complexity index is 303. The molecule has 1 aromatic rings. The first-order chi connectivity index (χ1) is 6.94. The van der Waals surface area contributed by atoms with E-state index < -0.39 is 0 Å². The Labute approximate surface area is 92.3 Å². The number of hydrogen-bond acceptors (Lipinski definition) is 3. The molecule has 0 radical (unpaired) electrons. The van der Waals surface area contributed by atoms with E-state index in [0.717, 1.165) is 18.9 Å². The van der Waals surface area contributed by atoms with Crippen molar-refractivity contribution in [2.75, 3.05) is 20.6 Å². The lowest BCUT2D eigenvalue weighted by atomic mass is 10.1. The Morgan fingerprint density at radius 3 is 2.67 bits per heavy atom. The third kappa shape index (κ3) is 3.64. The van der Waals surface area contributed by atoms with E-state index in [2.05, 4.69) is 40.7 Å². The minimum absolute atomic E-state index is 0.139. The summed E-state index contributed by atoms with van der Waals surface area (Å²) in [4.78, 5) is 6.59. The maximum atomic E-state index is 4.31. The summed E-state index contributed by atoms with van der Waals surface area (Å²) in [7, 11) is 6.14. The number of imidazole rings is 1. The van der Waals surface area contributed by atoms with Crippen molar-refractivity contribution in [2.24, 2.45) is 7.05 Å². The smallest absolute Gasteiger partial charge is 0.122 e. The van der Waals surface area contributed by atoms with Crippen LogP contribution in [0.2, 0.25) is 0 Å². The molecule has 0 atom stereocenters. The van der Waals surface area contributed by atoms with Crippen LogP contribution in [-0.2, 0) is 13.6 Å². The van der Waals surface area contributed by atoms with Gasteiger partial charge in [-0.05, 0) is 27.9 Å². The zero-order chi connectivity index (χ0) is 11.5. The maximum absolute atomic E-state index is 4.31. The molecule has 86 valence electrons. The van der Waals surface area contributed by atoms with Crippen LogP contribution in [0.1, 0.15) is 19.7 Å². The predicted octanol–water partition coefficient (Wildman–Crippen LogP) is 0.850. The molecule has 0 spiro atoms. The van der Waals surface area contributed by atoms with Gasteiger partial charge >= 0.3 is 0 Å². The molecule has 0 bridgehead atoms. The Kier molecular flexibility index (Phi) is 3.88. The lowest BCUT2D eigenvalue weighted by molar-refractivity contribution is 0.232. The molecule has 0 aliphatic heterocycles. The highest BCUT2D eigenvalue weighted by molar-refractivity contribution is 4.91. The van der Waals surface area contributed by atoms with Gasteiger partial charge in [0, 0.05) is 31.5 Å². The number of nitrogens with zero attached hydrogens (tertiary/aromatic N) is 3. The average molecular weight is 210 g/mol. The van der Waals surface area contributed by atoms with Crippen LogP contribution in [-0.4, -0.2) is 40.6 Å². The molecule has 1 N–H and O–H groups in total. The molecule has 0 aliphatic rings. The van der Waals surface area contributed by atoms with Gasteiger partial charge in [-0.3, -0.25) is 4.90 Å². The monoisotopic (exact) mass is 210 g/mol. The van der Waals surface area contributed by atoms with Crippen molar-refractivity contribution in [2.45, 2.75) is 25.9 Å². The molecule has 0 unspecified atom stereocenters. The van der Waals surface area contributed by atoms with E-state index >= 15 is 0 Å². The van der Waals surface area contributed by atoms with Gasteiger partial charge in [0.15, 0.2) is 0 Å². The van der Waals surface area contributed by atoms with Crippen LogP contribution in [0, 0.1) is 0 Å². The number of nitrogens with one attached hydrogen (secondary N) is 1. The van der Waals surface area contributed by atoms with Gasteiger partial charge in [-0.2, -0.15) is 0 Å². The van der Waals surface area contributed by atoms with Gasteiger partial charge in [-0.15, -0.1) is 0 Å². The van der Waals surface area contributed by atoms with E-state index in [1.807, 2.05) is 26.5 Å². The zero-order valence-electron chi connectivity index (χ0n) is 10.4. The van der Waals surface area contributed by atoms with E-state index in [9.17, 15) is 0 Å². The van der Waals surface area contributed by atoms with E-state index in [0.29, 0.717) is 0 Å². The normalized spacial score (nSPS) is 12.4. The summed E-state index contributed by atoms with van der Waals surface area (Å²) in [6.45, 7) is 6.27. The molecule has 1 aromatic heterocycles. The van der Waals surface area contributed by atoms with Gasteiger partial charge in [-0.25, -0.2) is 4.98 Å². The summed E-state index contributed by atoms with van der Waals surface area (Å²) < 4.78 is 2.06. The van der Waals surface area contributed by atoms with Crippen molar-refractivity contribution < 1.29 is 0 Å². The van der Waals surface area contributed by atoms with Crippen molar-refractivity contribution >= 4 is 0 Å². The number of rotatable bonds is 5. The highest BCUT2D eigenvalue weighted by Gasteiger charge is 2.17.